The van der Waals surface area contributed by atoms with Crippen LogP contribution < -0.4 is 10.3 Å². The van der Waals surface area contributed by atoms with Gasteiger partial charge in [-0.1, -0.05) is 6.08 Å². The van der Waals surface area contributed by atoms with Crippen LogP contribution in [0.15, 0.2) is 29.3 Å². The fourth-order valence-electron chi connectivity index (χ4n) is 2.60. The van der Waals surface area contributed by atoms with Gasteiger partial charge in [-0.2, -0.15) is 0 Å². The quantitative estimate of drug-likeness (QED) is 0.880. The summed E-state index contributed by atoms with van der Waals surface area (Å²) < 4.78 is 5.40. The van der Waals surface area contributed by atoms with Gasteiger partial charge in [0.2, 0.25) is 0 Å². The summed E-state index contributed by atoms with van der Waals surface area (Å²) in [4.78, 5) is 30.9. The van der Waals surface area contributed by atoms with Crippen molar-refractivity contribution in [2.24, 2.45) is 0 Å². The molecule has 22 heavy (non-hydrogen) atoms. The lowest BCUT2D eigenvalue weighted by atomic mass is 9.97. The third kappa shape index (κ3) is 2.41. The zero-order chi connectivity index (χ0) is 15.7. The number of aromatic nitrogens is 2. The first kappa shape index (κ1) is 14.1. The van der Waals surface area contributed by atoms with Crippen LogP contribution in [0.1, 0.15) is 12.0 Å². The van der Waals surface area contributed by atoms with Gasteiger partial charge >= 0.3 is 6.09 Å². The van der Waals surface area contributed by atoms with Gasteiger partial charge in [-0.05, 0) is 18.1 Å². The van der Waals surface area contributed by atoms with Crippen molar-refractivity contribution >= 4 is 22.6 Å². The number of benzene rings is 1. The number of H-pyrrole nitrogens is 1. The maximum Gasteiger partial charge on any atom is 0.407 e. The molecule has 0 fully saturated rings. The minimum absolute atomic E-state index is 0.211. The van der Waals surface area contributed by atoms with E-state index in [2.05, 4.69) is 9.97 Å². The molecule has 3 rings (SSSR count). The maximum atomic E-state index is 11.9. The van der Waals surface area contributed by atoms with Crippen LogP contribution >= 0.6 is 0 Å². The van der Waals surface area contributed by atoms with Crippen molar-refractivity contribution < 1.29 is 14.6 Å². The summed E-state index contributed by atoms with van der Waals surface area (Å²) >= 11 is 0. The number of carbonyl (C=O) groups is 1. The van der Waals surface area contributed by atoms with E-state index in [-0.39, 0.29) is 5.56 Å². The maximum absolute atomic E-state index is 11.9. The summed E-state index contributed by atoms with van der Waals surface area (Å²) in [7, 11) is 1.56. The Balaban J connectivity index is 2.08. The number of ether oxygens (including phenoxy) is 1. The van der Waals surface area contributed by atoms with Gasteiger partial charge in [0.25, 0.3) is 5.56 Å². The van der Waals surface area contributed by atoms with Gasteiger partial charge in [0.15, 0.2) is 0 Å². The number of hydrogen-bond donors (Lipinski definition) is 2. The van der Waals surface area contributed by atoms with Crippen molar-refractivity contribution in [3.05, 3.63) is 40.5 Å². The zero-order valence-electron chi connectivity index (χ0n) is 12.0. The number of nitrogens with zero attached hydrogens (tertiary/aromatic N) is 2. The molecule has 0 saturated heterocycles. The Bertz CT molecular complexity index is 825. The zero-order valence-corrected chi connectivity index (χ0v) is 12.0. The number of aromatic amines is 1. The summed E-state index contributed by atoms with van der Waals surface area (Å²) in [6, 6.07) is 3.48. The second-order valence-corrected chi connectivity index (χ2v) is 5.01. The van der Waals surface area contributed by atoms with Crippen LogP contribution in [0, 0.1) is 0 Å². The van der Waals surface area contributed by atoms with E-state index in [0.717, 1.165) is 11.1 Å². The van der Waals surface area contributed by atoms with E-state index in [1.807, 2.05) is 6.08 Å². The fraction of sp³-hybridized carbons (Fsp3) is 0.267. The number of rotatable bonds is 2. The third-order valence-electron chi connectivity index (χ3n) is 3.79. The minimum atomic E-state index is -0.929. The molecule has 7 nitrogen and oxygen atoms in total. The van der Waals surface area contributed by atoms with E-state index in [1.54, 1.807) is 19.2 Å². The standard InChI is InChI=1S/C15H15N3O4/c1-22-13-7-12-11(14(19)17-8-16-12)6-10(13)9-2-4-18(5-3-9)15(20)21/h2,6-8H,3-5H2,1H3,(H,20,21)(H,16,17,19). The Hall–Kier alpha value is -2.83. The molecule has 2 aromatic rings. The number of hydrogen-bond acceptors (Lipinski definition) is 4. The fourth-order valence-corrected chi connectivity index (χ4v) is 2.60. The smallest absolute Gasteiger partial charge is 0.407 e. The molecule has 0 radical (unpaired) electrons. The first-order valence-corrected chi connectivity index (χ1v) is 6.83. The van der Waals surface area contributed by atoms with E-state index in [4.69, 9.17) is 9.84 Å². The largest absolute Gasteiger partial charge is 0.496 e. The van der Waals surface area contributed by atoms with Crippen LogP contribution in [0.4, 0.5) is 4.79 Å². The average molecular weight is 301 g/mol. The van der Waals surface area contributed by atoms with Gasteiger partial charge in [-0.25, -0.2) is 9.78 Å². The minimum Gasteiger partial charge on any atom is -0.496 e. The van der Waals surface area contributed by atoms with Gasteiger partial charge in [0.1, 0.15) is 5.75 Å². The molecule has 0 aliphatic carbocycles. The molecular weight excluding hydrogens is 286 g/mol. The first-order valence-electron chi connectivity index (χ1n) is 6.83. The lowest BCUT2D eigenvalue weighted by molar-refractivity contribution is 0.150. The van der Waals surface area contributed by atoms with Crippen molar-refractivity contribution in [3.63, 3.8) is 0 Å². The van der Waals surface area contributed by atoms with E-state index in [9.17, 15) is 9.59 Å². The predicted octanol–water partition coefficient (Wildman–Crippen LogP) is 1.70. The monoisotopic (exact) mass is 301 g/mol. The molecule has 0 bridgehead atoms. The van der Waals surface area contributed by atoms with Gasteiger partial charge in [-0.15, -0.1) is 0 Å². The molecule has 1 aliphatic rings. The molecule has 2 heterocycles. The number of nitrogens with one attached hydrogen (secondary N) is 1. The van der Waals surface area contributed by atoms with Crippen molar-refractivity contribution in [1.82, 2.24) is 14.9 Å². The molecule has 0 atom stereocenters. The van der Waals surface area contributed by atoms with Crippen molar-refractivity contribution in [2.45, 2.75) is 6.42 Å². The third-order valence-corrected chi connectivity index (χ3v) is 3.79. The van der Waals surface area contributed by atoms with Crippen LogP contribution in [0.25, 0.3) is 16.5 Å². The molecular formula is C15H15N3O4. The van der Waals surface area contributed by atoms with Crippen molar-refractivity contribution in [3.8, 4) is 5.75 Å². The summed E-state index contributed by atoms with van der Waals surface area (Å²) in [6.45, 7) is 0.751. The van der Waals surface area contributed by atoms with Crippen molar-refractivity contribution in [1.29, 1.82) is 0 Å². The molecule has 0 spiro atoms. The molecule has 1 amide bonds. The van der Waals surface area contributed by atoms with Gasteiger partial charge < -0.3 is 19.7 Å². The second kappa shape index (κ2) is 5.51. The highest BCUT2D eigenvalue weighted by atomic mass is 16.5. The Morgan fingerprint density at radius 2 is 2.27 bits per heavy atom. The van der Waals surface area contributed by atoms with Gasteiger partial charge in [-0.3, -0.25) is 4.79 Å². The highest BCUT2D eigenvalue weighted by Gasteiger charge is 2.19. The Labute approximate surface area is 125 Å². The average Bonchev–Trinajstić information content (AvgIpc) is 2.54. The van der Waals surface area contributed by atoms with E-state index < -0.39 is 6.09 Å². The van der Waals surface area contributed by atoms with Crippen LogP contribution in [-0.4, -0.2) is 46.3 Å². The molecule has 0 saturated carbocycles. The Kier molecular flexibility index (Phi) is 3.54. The van der Waals surface area contributed by atoms with Crippen LogP contribution in [0.3, 0.4) is 0 Å². The van der Waals surface area contributed by atoms with E-state index in [1.165, 1.54) is 11.2 Å². The summed E-state index contributed by atoms with van der Waals surface area (Å²) in [5.41, 5.74) is 2.13. The molecule has 1 aromatic heterocycles. The Morgan fingerprint density at radius 3 is 2.91 bits per heavy atom. The van der Waals surface area contributed by atoms with Crippen LogP contribution in [0.2, 0.25) is 0 Å². The van der Waals surface area contributed by atoms with E-state index >= 15 is 0 Å². The summed E-state index contributed by atoms with van der Waals surface area (Å²) in [5, 5.41) is 9.48. The van der Waals surface area contributed by atoms with Crippen LogP contribution in [0.5, 0.6) is 5.75 Å². The second-order valence-electron chi connectivity index (χ2n) is 5.01. The Morgan fingerprint density at radius 1 is 1.45 bits per heavy atom. The lowest BCUT2D eigenvalue weighted by Gasteiger charge is -2.24. The molecule has 0 unspecified atom stereocenters. The highest BCUT2D eigenvalue weighted by Crippen LogP contribution is 2.32. The van der Waals surface area contributed by atoms with E-state index in [0.29, 0.717) is 36.2 Å². The number of methoxy groups -OCH3 is 1. The van der Waals surface area contributed by atoms with Gasteiger partial charge in [0, 0.05) is 24.7 Å². The molecule has 7 heteroatoms. The van der Waals surface area contributed by atoms with Gasteiger partial charge in [0.05, 0.1) is 24.3 Å². The summed E-state index contributed by atoms with van der Waals surface area (Å²) in [6.07, 6.45) is 2.86. The lowest BCUT2D eigenvalue weighted by Crippen LogP contribution is -2.33. The topological polar surface area (TPSA) is 95.5 Å². The van der Waals surface area contributed by atoms with Crippen molar-refractivity contribution in [2.75, 3.05) is 20.2 Å². The number of carboxylic acid groups (broad SMARTS) is 1. The normalized spacial score (nSPS) is 14.8. The van der Waals surface area contributed by atoms with Crippen LogP contribution in [-0.2, 0) is 0 Å². The molecule has 1 aliphatic heterocycles. The number of fused-ring (bicyclic) bond motifs is 1. The first-order chi connectivity index (χ1) is 10.6. The number of amides is 1. The predicted molar refractivity (Wildman–Crippen MR) is 81.1 cm³/mol. The molecule has 1 aromatic carbocycles. The SMILES string of the molecule is COc1cc2nc[nH]c(=O)c2cc1C1=CCN(C(=O)O)CC1. The highest BCUT2D eigenvalue weighted by molar-refractivity contribution is 5.86. The molecule has 114 valence electrons. The summed E-state index contributed by atoms with van der Waals surface area (Å²) in [5.74, 6) is 0.626. The molecule has 2 N–H and O–H groups in total.